The van der Waals surface area contributed by atoms with Gasteiger partial charge in [-0.2, -0.15) is 4.98 Å². The second kappa shape index (κ2) is 5.07. The zero-order valence-corrected chi connectivity index (χ0v) is 10.2. The highest BCUT2D eigenvalue weighted by Crippen LogP contribution is 2.20. The van der Waals surface area contributed by atoms with Crippen molar-refractivity contribution in [1.82, 2.24) is 9.55 Å². The number of aromatic nitrogens is 2. The maximum absolute atomic E-state index is 13.2. The van der Waals surface area contributed by atoms with Gasteiger partial charge >= 0.3 is 11.7 Å². The Kier molecular flexibility index (Phi) is 3.48. The van der Waals surface area contributed by atoms with Gasteiger partial charge in [-0.3, -0.25) is 0 Å². The number of nitrogens with one attached hydrogen (secondary N) is 1. The summed E-state index contributed by atoms with van der Waals surface area (Å²) in [5.74, 6) is -1.53. The first-order valence-corrected chi connectivity index (χ1v) is 5.47. The average molecular weight is 283 g/mol. The molecular formula is C11H8ClFN4O2. The highest BCUT2D eigenvalue weighted by Gasteiger charge is 2.13. The highest BCUT2D eigenvalue weighted by molar-refractivity contribution is 6.33. The summed E-state index contributed by atoms with van der Waals surface area (Å²) in [5, 5.41) is 2.64. The number of nitrogens with two attached hydrogens (primary N) is 1. The fourth-order valence-electron chi connectivity index (χ4n) is 1.33. The Balaban J connectivity index is 2.34. The topological polar surface area (TPSA) is 90.0 Å². The molecule has 1 amide bonds. The number of nitrogens with zero attached hydrogens (tertiary/aromatic N) is 2. The van der Waals surface area contributed by atoms with Gasteiger partial charge in [0.2, 0.25) is 0 Å². The number of anilines is 2. The summed E-state index contributed by atoms with van der Waals surface area (Å²) in [6.07, 6.45) is 0.664. The number of carbonyl (C=O) groups is 1. The van der Waals surface area contributed by atoms with Gasteiger partial charge in [0.15, 0.2) is 11.6 Å². The molecule has 0 saturated carbocycles. The molecule has 1 heterocycles. The lowest BCUT2D eigenvalue weighted by molar-refractivity contribution is 0.252. The van der Waals surface area contributed by atoms with Crippen molar-refractivity contribution in [3.63, 3.8) is 0 Å². The minimum Gasteiger partial charge on any atom is -0.381 e. The summed E-state index contributed by atoms with van der Waals surface area (Å²) in [6, 6.07) is 5.53. The van der Waals surface area contributed by atoms with Crippen LogP contribution in [0.2, 0.25) is 5.02 Å². The molecule has 0 atom stereocenters. The Bertz CT molecular complexity index is 701. The van der Waals surface area contributed by atoms with Crippen LogP contribution in [0.4, 0.5) is 20.7 Å². The Labute approximate surface area is 111 Å². The molecule has 0 aliphatic heterocycles. The van der Waals surface area contributed by atoms with Gasteiger partial charge in [-0.15, -0.1) is 0 Å². The van der Waals surface area contributed by atoms with Crippen LogP contribution in [0.1, 0.15) is 0 Å². The molecule has 0 unspecified atom stereocenters. The molecule has 0 aliphatic carbocycles. The molecule has 0 spiro atoms. The number of para-hydroxylation sites is 1. The number of hydrogen-bond acceptors (Lipinski definition) is 4. The summed E-state index contributed by atoms with van der Waals surface area (Å²) < 4.78 is 13.7. The van der Waals surface area contributed by atoms with E-state index < -0.39 is 23.4 Å². The average Bonchev–Trinajstić information content (AvgIpc) is 2.36. The molecule has 8 heteroatoms. The molecular weight excluding hydrogens is 275 g/mol. The van der Waals surface area contributed by atoms with E-state index in [1.807, 2.05) is 0 Å². The SMILES string of the molecule is Nc1nc(=O)n(C(=O)Nc2ccccc2Cl)cc1F. The number of benzene rings is 1. The molecule has 3 N–H and O–H groups in total. The fraction of sp³-hybridized carbons (Fsp3) is 0. The van der Waals surface area contributed by atoms with E-state index in [1.165, 1.54) is 6.07 Å². The van der Waals surface area contributed by atoms with Crippen molar-refractivity contribution in [2.45, 2.75) is 0 Å². The van der Waals surface area contributed by atoms with Crippen molar-refractivity contribution < 1.29 is 9.18 Å². The number of halogens is 2. The van der Waals surface area contributed by atoms with Crippen LogP contribution in [0.25, 0.3) is 0 Å². The standard InChI is InChI=1S/C11H8ClFN4O2/c12-6-3-1-2-4-8(6)15-10(18)17-5-7(13)9(14)16-11(17)19/h1-5H,(H,15,18)(H2,14,16,19). The summed E-state index contributed by atoms with van der Waals surface area (Å²) in [4.78, 5) is 26.4. The molecule has 0 aliphatic rings. The first kappa shape index (κ1) is 13.0. The third-order valence-electron chi connectivity index (χ3n) is 2.24. The van der Waals surface area contributed by atoms with Gasteiger partial charge in [0.25, 0.3) is 0 Å². The van der Waals surface area contributed by atoms with E-state index in [1.54, 1.807) is 18.2 Å². The highest BCUT2D eigenvalue weighted by atomic mass is 35.5. The molecule has 98 valence electrons. The minimum atomic E-state index is -0.983. The molecule has 19 heavy (non-hydrogen) atoms. The van der Waals surface area contributed by atoms with Crippen LogP contribution in [-0.4, -0.2) is 15.6 Å². The van der Waals surface area contributed by atoms with Crippen LogP contribution in [-0.2, 0) is 0 Å². The van der Waals surface area contributed by atoms with Crippen LogP contribution in [0, 0.1) is 5.82 Å². The molecule has 0 bridgehead atoms. The van der Waals surface area contributed by atoms with Crippen LogP contribution in [0.15, 0.2) is 35.3 Å². The molecule has 0 radical (unpaired) electrons. The second-order valence-electron chi connectivity index (χ2n) is 3.54. The smallest absolute Gasteiger partial charge is 0.357 e. The molecule has 0 fully saturated rings. The van der Waals surface area contributed by atoms with E-state index in [0.717, 1.165) is 0 Å². The number of hydrogen-bond donors (Lipinski definition) is 2. The molecule has 6 nitrogen and oxygen atoms in total. The zero-order chi connectivity index (χ0) is 14.0. The Morgan fingerprint density at radius 1 is 1.42 bits per heavy atom. The van der Waals surface area contributed by atoms with Crippen molar-refractivity contribution in [1.29, 1.82) is 0 Å². The Morgan fingerprint density at radius 3 is 2.79 bits per heavy atom. The third kappa shape index (κ3) is 2.71. The van der Waals surface area contributed by atoms with E-state index >= 15 is 0 Å². The van der Waals surface area contributed by atoms with Crippen molar-refractivity contribution in [3.05, 3.63) is 51.8 Å². The second-order valence-corrected chi connectivity index (χ2v) is 3.94. The predicted molar refractivity (Wildman–Crippen MR) is 68.7 cm³/mol. The molecule has 1 aromatic carbocycles. The Hall–Kier alpha value is -2.41. The summed E-state index contributed by atoms with van der Waals surface area (Å²) in [5.41, 5.74) is 4.42. The van der Waals surface area contributed by atoms with Crippen molar-refractivity contribution in [2.24, 2.45) is 0 Å². The first-order valence-electron chi connectivity index (χ1n) is 5.09. The molecule has 1 aromatic heterocycles. The van der Waals surface area contributed by atoms with E-state index in [4.69, 9.17) is 17.3 Å². The maximum atomic E-state index is 13.2. The zero-order valence-electron chi connectivity index (χ0n) is 9.43. The fourth-order valence-corrected chi connectivity index (χ4v) is 1.51. The van der Waals surface area contributed by atoms with E-state index in [9.17, 15) is 14.0 Å². The van der Waals surface area contributed by atoms with Gasteiger partial charge in [-0.25, -0.2) is 18.5 Å². The summed E-state index contributed by atoms with van der Waals surface area (Å²) >= 11 is 5.84. The first-order chi connectivity index (χ1) is 8.99. The van der Waals surface area contributed by atoms with E-state index in [-0.39, 0.29) is 5.02 Å². The van der Waals surface area contributed by atoms with Gasteiger partial charge in [-0.1, -0.05) is 23.7 Å². The van der Waals surface area contributed by atoms with Crippen LogP contribution < -0.4 is 16.7 Å². The number of carbonyl (C=O) groups excluding carboxylic acids is 1. The number of rotatable bonds is 1. The minimum absolute atomic E-state index is 0.285. The van der Waals surface area contributed by atoms with Crippen molar-refractivity contribution >= 4 is 29.1 Å². The lowest BCUT2D eigenvalue weighted by Crippen LogP contribution is -2.33. The number of amides is 1. The monoisotopic (exact) mass is 282 g/mol. The molecule has 2 rings (SSSR count). The van der Waals surface area contributed by atoms with Gasteiger partial charge in [-0.05, 0) is 12.1 Å². The van der Waals surface area contributed by atoms with Gasteiger partial charge in [0, 0.05) is 0 Å². The van der Waals surface area contributed by atoms with Gasteiger partial charge < -0.3 is 11.1 Å². The summed E-state index contributed by atoms with van der Waals surface area (Å²) in [7, 11) is 0. The number of nitrogen functional groups attached to an aromatic ring is 1. The van der Waals surface area contributed by atoms with Gasteiger partial charge in [0.1, 0.15) is 0 Å². The quantitative estimate of drug-likeness (QED) is 0.833. The third-order valence-corrected chi connectivity index (χ3v) is 2.57. The van der Waals surface area contributed by atoms with Crippen molar-refractivity contribution in [2.75, 3.05) is 11.1 Å². The van der Waals surface area contributed by atoms with E-state index in [0.29, 0.717) is 16.5 Å². The van der Waals surface area contributed by atoms with Crippen LogP contribution in [0.5, 0.6) is 0 Å². The van der Waals surface area contributed by atoms with E-state index in [2.05, 4.69) is 10.3 Å². The van der Waals surface area contributed by atoms with Crippen LogP contribution in [0.3, 0.4) is 0 Å². The lowest BCUT2D eigenvalue weighted by Gasteiger charge is -2.08. The van der Waals surface area contributed by atoms with Crippen LogP contribution >= 0.6 is 11.6 Å². The lowest BCUT2D eigenvalue weighted by atomic mass is 10.3. The maximum Gasteiger partial charge on any atom is 0.357 e. The predicted octanol–water partition coefficient (Wildman–Crippen LogP) is 1.70. The largest absolute Gasteiger partial charge is 0.381 e. The van der Waals surface area contributed by atoms with Gasteiger partial charge in [0.05, 0.1) is 16.9 Å². The molecule has 0 saturated heterocycles. The molecule has 2 aromatic rings. The summed E-state index contributed by atoms with van der Waals surface area (Å²) in [6.45, 7) is 0. The van der Waals surface area contributed by atoms with Crippen molar-refractivity contribution in [3.8, 4) is 0 Å². The normalized spacial score (nSPS) is 10.2. The Morgan fingerprint density at radius 2 is 2.11 bits per heavy atom.